The molecule has 1 N–H and O–H groups in total. The Balaban J connectivity index is 3.22. The molecule has 0 fully saturated rings. The topological polar surface area (TPSA) is 59.6 Å². The summed E-state index contributed by atoms with van der Waals surface area (Å²) in [6.45, 7) is 2.60. The minimum atomic E-state index is 0.114. The van der Waals surface area contributed by atoms with Crippen LogP contribution < -0.4 is 5.32 Å². The van der Waals surface area contributed by atoms with Gasteiger partial charge in [0, 0.05) is 6.54 Å². The fraction of sp³-hybridized carbons (Fsp3) is 0.167. The van der Waals surface area contributed by atoms with Gasteiger partial charge in [-0.1, -0.05) is 30.3 Å². The first-order chi connectivity index (χ1) is 7.33. The average Bonchev–Trinajstić information content (AvgIpc) is 2.30. The van der Waals surface area contributed by atoms with Crippen LogP contribution in [-0.2, 0) is 0 Å². The lowest BCUT2D eigenvalue weighted by molar-refractivity contribution is 0.937. The molecule has 74 valence electrons. The van der Waals surface area contributed by atoms with Crippen molar-refractivity contribution < 1.29 is 0 Å². The van der Waals surface area contributed by atoms with E-state index in [1.54, 1.807) is 0 Å². The summed E-state index contributed by atoms with van der Waals surface area (Å²) in [6, 6.07) is 13.2. The average molecular weight is 197 g/mol. The molecule has 0 aliphatic heterocycles. The zero-order valence-electron chi connectivity index (χ0n) is 8.49. The molecule has 0 amide bonds. The summed E-state index contributed by atoms with van der Waals surface area (Å²) in [4.78, 5) is 0. The standard InChI is InChI=1S/C12H11N3/c1-2-15-12(11(8-13)9-14)10-6-4-3-5-7-10/h3-7,15H,2H2,1H3. The van der Waals surface area contributed by atoms with Crippen molar-refractivity contribution in [3.05, 3.63) is 41.5 Å². The van der Waals surface area contributed by atoms with Crippen molar-refractivity contribution in [2.75, 3.05) is 6.54 Å². The molecule has 0 radical (unpaired) electrons. The van der Waals surface area contributed by atoms with Gasteiger partial charge >= 0.3 is 0 Å². The SMILES string of the molecule is CCNC(=C(C#N)C#N)c1ccccc1. The van der Waals surface area contributed by atoms with Crippen LogP contribution in [0.2, 0.25) is 0 Å². The van der Waals surface area contributed by atoms with Gasteiger partial charge in [-0.2, -0.15) is 10.5 Å². The molecule has 0 spiro atoms. The van der Waals surface area contributed by atoms with E-state index in [4.69, 9.17) is 10.5 Å². The van der Waals surface area contributed by atoms with E-state index >= 15 is 0 Å². The number of nitriles is 2. The molecule has 3 nitrogen and oxygen atoms in total. The quantitative estimate of drug-likeness (QED) is 0.754. The molecule has 0 atom stereocenters. The predicted octanol–water partition coefficient (Wildman–Crippen LogP) is 2.05. The second-order valence-electron chi connectivity index (χ2n) is 2.87. The highest BCUT2D eigenvalue weighted by molar-refractivity contribution is 5.73. The van der Waals surface area contributed by atoms with Crippen LogP contribution in [0.3, 0.4) is 0 Å². The maximum absolute atomic E-state index is 8.81. The van der Waals surface area contributed by atoms with Crippen molar-refractivity contribution in [2.45, 2.75) is 6.92 Å². The van der Waals surface area contributed by atoms with Gasteiger partial charge in [-0.25, -0.2) is 0 Å². The van der Waals surface area contributed by atoms with Crippen LogP contribution in [0.15, 0.2) is 35.9 Å². The Hall–Kier alpha value is -2.26. The van der Waals surface area contributed by atoms with Crippen molar-refractivity contribution >= 4 is 5.70 Å². The minimum Gasteiger partial charge on any atom is -0.383 e. The van der Waals surface area contributed by atoms with E-state index in [1.807, 2.05) is 49.4 Å². The van der Waals surface area contributed by atoms with E-state index < -0.39 is 0 Å². The number of hydrogen-bond donors (Lipinski definition) is 1. The summed E-state index contributed by atoms with van der Waals surface area (Å²) in [5.74, 6) is 0. The van der Waals surface area contributed by atoms with Crippen molar-refractivity contribution in [1.29, 1.82) is 10.5 Å². The highest BCUT2D eigenvalue weighted by Crippen LogP contribution is 2.14. The summed E-state index contributed by atoms with van der Waals surface area (Å²) >= 11 is 0. The molecule has 1 rings (SSSR count). The molecule has 0 aromatic heterocycles. The molecule has 0 heterocycles. The van der Waals surface area contributed by atoms with Crippen LogP contribution in [0.1, 0.15) is 12.5 Å². The normalized spacial score (nSPS) is 8.47. The van der Waals surface area contributed by atoms with Crippen LogP contribution in [0.4, 0.5) is 0 Å². The Morgan fingerprint density at radius 3 is 2.27 bits per heavy atom. The molecule has 0 aliphatic rings. The van der Waals surface area contributed by atoms with Crippen LogP contribution in [0, 0.1) is 22.7 Å². The molecule has 0 saturated carbocycles. The van der Waals surface area contributed by atoms with E-state index in [1.165, 1.54) is 0 Å². The Morgan fingerprint density at radius 1 is 1.20 bits per heavy atom. The zero-order valence-corrected chi connectivity index (χ0v) is 8.49. The molecule has 3 heteroatoms. The van der Waals surface area contributed by atoms with E-state index in [9.17, 15) is 0 Å². The third-order valence-corrected chi connectivity index (χ3v) is 1.89. The second-order valence-corrected chi connectivity index (χ2v) is 2.87. The van der Waals surface area contributed by atoms with Gasteiger partial charge in [0.2, 0.25) is 0 Å². The van der Waals surface area contributed by atoms with Gasteiger partial charge in [-0.05, 0) is 12.5 Å². The first kappa shape index (κ1) is 10.8. The van der Waals surface area contributed by atoms with Gasteiger partial charge in [0.1, 0.15) is 12.1 Å². The summed E-state index contributed by atoms with van der Waals surface area (Å²) in [5.41, 5.74) is 1.57. The lowest BCUT2D eigenvalue weighted by Crippen LogP contribution is -2.12. The van der Waals surface area contributed by atoms with Gasteiger partial charge in [-0.3, -0.25) is 0 Å². The van der Waals surface area contributed by atoms with Crippen molar-refractivity contribution in [3.8, 4) is 12.1 Å². The molecular formula is C12H11N3. The molecule has 0 aliphatic carbocycles. The third-order valence-electron chi connectivity index (χ3n) is 1.89. The lowest BCUT2D eigenvalue weighted by atomic mass is 10.1. The number of hydrogen-bond acceptors (Lipinski definition) is 3. The summed E-state index contributed by atoms with van der Waals surface area (Å²) < 4.78 is 0. The van der Waals surface area contributed by atoms with Crippen LogP contribution in [-0.4, -0.2) is 6.54 Å². The highest BCUT2D eigenvalue weighted by Gasteiger charge is 2.06. The summed E-state index contributed by atoms with van der Waals surface area (Å²) in [5, 5.41) is 20.7. The van der Waals surface area contributed by atoms with Crippen molar-refractivity contribution in [3.63, 3.8) is 0 Å². The Kier molecular flexibility index (Phi) is 3.94. The fourth-order valence-corrected chi connectivity index (χ4v) is 1.25. The summed E-state index contributed by atoms with van der Waals surface area (Å²) in [7, 11) is 0. The molecule has 0 unspecified atom stereocenters. The lowest BCUT2D eigenvalue weighted by Gasteiger charge is -2.08. The molecule has 1 aromatic carbocycles. The maximum atomic E-state index is 8.81. The molecule has 1 aromatic rings. The first-order valence-electron chi connectivity index (χ1n) is 4.67. The minimum absolute atomic E-state index is 0.114. The Morgan fingerprint density at radius 2 is 1.80 bits per heavy atom. The van der Waals surface area contributed by atoms with Crippen LogP contribution in [0.25, 0.3) is 5.70 Å². The van der Waals surface area contributed by atoms with E-state index in [-0.39, 0.29) is 5.57 Å². The zero-order chi connectivity index (χ0) is 11.1. The maximum Gasteiger partial charge on any atom is 0.153 e. The molecule has 15 heavy (non-hydrogen) atoms. The second kappa shape index (κ2) is 5.47. The Labute approximate surface area is 89.3 Å². The number of rotatable bonds is 3. The summed E-state index contributed by atoms with van der Waals surface area (Å²) in [6.07, 6.45) is 0. The third kappa shape index (κ3) is 2.59. The van der Waals surface area contributed by atoms with E-state index in [0.29, 0.717) is 12.2 Å². The van der Waals surface area contributed by atoms with Crippen LogP contribution >= 0.6 is 0 Å². The van der Waals surface area contributed by atoms with Gasteiger partial charge in [0.25, 0.3) is 0 Å². The number of benzene rings is 1. The molecular weight excluding hydrogens is 186 g/mol. The van der Waals surface area contributed by atoms with Gasteiger partial charge in [0.15, 0.2) is 5.57 Å². The molecule has 0 bridgehead atoms. The monoisotopic (exact) mass is 197 g/mol. The largest absolute Gasteiger partial charge is 0.383 e. The van der Waals surface area contributed by atoms with Gasteiger partial charge < -0.3 is 5.32 Å². The number of allylic oxidation sites excluding steroid dienone is 1. The van der Waals surface area contributed by atoms with Crippen LogP contribution in [0.5, 0.6) is 0 Å². The van der Waals surface area contributed by atoms with E-state index in [2.05, 4.69) is 5.32 Å². The smallest absolute Gasteiger partial charge is 0.153 e. The number of nitrogens with zero attached hydrogens (tertiary/aromatic N) is 2. The van der Waals surface area contributed by atoms with E-state index in [0.717, 1.165) is 5.56 Å². The fourth-order valence-electron chi connectivity index (χ4n) is 1.25. The molecule has 0 saturated heterocycles. The predicted molar refractivity (Wildman–Crippen MR) is 58.3 cm³/mol. The van der Waals surface area contributed by atoms with Crippen molar-refractivity contribution in [2.24, 2.45) is 0 Å². The highest BCUT2D eigenvalue weighted by atomic mass is 14.9. The van der Waals surface area contributed by atoms with Gasteiger partial charge in [-0.15, -0.1) is 0 Å². The Bertz CT molecular complexity index is 416. The first-order valence-corrected chi connectivity index (χ1v) is 4.67. The van der Waals surface area contributed by atoms with Crippen molar-refractivity contribution in [1.82, 2.24) is 5.32 Å². The number of nitrogens with one attached hydrogen (secondary N) is 1. The van der Waals surface area contributed by atoms with Gasteiger partial charge in [0.05, 0.1) is 5.70 Å².